The molecule has 1 fully saturated rings. The van der Waals surface area contributed by atoms with Crippen LogP contribution >= 0.6 is 27.3 Å². The summed E-state index contributed by atoms with van der Waals surface area (Å²) in [6.45, 7) is 0.749. The predicted octanol–water partition coefficient (Wildman–Crippen LogP) is 3.18. The van der Waals surface area contributed by atoms with E-state index >= 15 is 0 Å². The Morgan fingerprint density at radius 2 is 2.11 bits per heavy atom. The normalized spacial score (nSPS) is 18.6. The molecule has 3 nitrogen and oxygen atoms in total. The molecule has 2 rings (SSSR count). The van der Waals surface area contributed by atoms with E-state index in [-0.39, 0.29) is 17.9 Å². The minimum Gasteiger partial charge on any atom is -0.396 e. The van der Waals surface area contributed by atoms with Crippen LogP contribution < -0.4 is 5.32 Å². The van der Waals surface area contributed by atoms with Crippen LogP contribution in [-0.2, 0) is 0 Å². The monoisotopic (exact) mass is 331 g/mol. The highest BCUT2D eigenvalue weighted by atomic mass is 79.9. The molecule has 1 aromatic heterocycles. The SMILES string of the molecule is O=C(NCC1(CO)CCCCC1)c1ccc(Br)s1. The molecule has 0 bridgehead atoms. The van der Waals surface area contributed by atoms with Gasteiger partial charge in [0.1, 0.15) is 0 Å². The summed E-state index contributed by atoms with van der Waals surface area (Å²) in [5.41, 5.74) is -0.0948. The Labute approximate surface area is 120 Å². The van der Waals surface area contributed by atoms with Gasteiger partial charge in [-0.05, 0) is 40.9 Å². The number of amides is 1. The topological polar surface area (TPSA) is 49.3 Å². The second kappa shape index (κ2) is 6.17. The molecule has 100 valence electrons. The van der Waals surface area contributed by atoms with Crippen LogP contribution in [0.2, 0.25) is 0 Å². The van der Waals surface area contributed by atoms with Crippen molar-refractivity contribution in [2.45, 2.75) is 32.1 Å². The molecule has 18 heavy (non-hydrogen) atoms. The summed E-state index contributed by atoms with van der Waals surface area (Å²) >= 11 is 4.78. The van der Waals surface area contributed by atoms with E-state index in [1.54, 1.807) is 0 Å². The highest BCUT2D eigenvalue weighted by Crippen LogP contribution is 2.35. The van der Waals surface area contributed by atoms with E-state index in [1.165, 1.54) is 17.8 Å². The summed E-state index contributed by atoms with van der Waals surface area (Å²) < 4.78 is 0.960. The van der Waals surface area contributed by atoms with E-state index in [0.29, 0.717) is 11.4 Å². The first-order valence-electron chi connectivity index (χ1n) is 6.30. The first-order valence-corrected chi connectivity index (χ1v) is 7.91. The largest absolute Gasteiger partial charge is 0.396 e. The lowest BCUT2D eigenvalue weighted by Gasteiger charge is -2.35. The zero-order valence-corrected chi connectivity index (χ0v) is 12.6. The number of carbonyl (C=O) groups excluding carboxylic acids is 1. The van der Waals surface area contributed by atoms with Crippen LogP contribution in [0.5, 0.6) is 0 Å². The third kappa shape index (κ3) is 3.33. The zero-order valence-electron chi connectivity index (χ0n) is 10.2. The van der Waals surface area contributed by atoms with Crippen LogP contribution in [0.4, 0.5) is 0 Å². The van der Waals surface area contributed by atoms with Gasteiger partial charge in [0.05, 0.1) is 15.3 Å². The number of thiophene rings is 1. The van der Waals surface area contributed by atoms with Crippen molar-refractivity contribution in [1.29, 1.82) is 0 Å². The van der Waals surface area contributed by atoms with Crippen LogP contribution in [0.25, 0.3) is 0 Å². The summed E-state index contributed by atoms with van der Waals surface area (Å²) in [5.74, 6) is -0.0379. The molecule has 0 unspecified atom stereocenters. The molecule has 2 N–H and O–H groups in total. The highest BCUT2D eigenvalue weighted by Gasteiger charge is 2.31. The van der Waals surface area contributed by atoms with Gasteiger partial charge in [-0.3, -0.25) is 4.79 Å². The molecular formula is C13H18BrNO2S. The Bertz CT molecular complexity index is 413. The average Bonchev–Trinajstić information content (AvgIpc) is 2.84. The molecule has 0 radical (unpaired) electrons. The minimum atomic E-state index is -0.0948. The standard InChI is InChI=1S/C13H18BrNO2S/c14-11-5-4-10(18-11)12(17)15-8-13(9-16)6-2-1-3-7-13/h4-5,16H,1-3,6-9H2,(H,15,17). The molecule has 1 heterocycles. The van der Waals surface area contributed by atoms with Crippen molar-refractivity contribution < 1.29 is 9.90 Å². The number of hydrogen-bond donors (Lipinski definition) is 2. The summed E-state index contributed by atoms with van der Waals surface area (Å²) in [4.78, 5) is 12.7. The first-order chi connectivity index (χ1) is 8.65. The van der Waals surface area contributed by atoms with Crippen LogP contribution in [0, 0.1) is 5.41 Å². The van der Waals surface area contributed by atoms with Crippen molar-refractivity contribution in [3.8, 4) is 0 Å². The molecule has 1 aromatic rings. The molecule has 0 spiro atoms. The second-order valence-electron chi connectivity index (χ2n) is 5.01. The van der Waals surface area contributed by atoms with E-state index in [0.717, 1.165) is 29.5 Å². The molecule has 1 aliphatic carbocycles. The second-order valence-corrected chi connectivity index (χ2v) is 7.47. The third-order valence-corrected chi connectivity index (χ3v) is 5.29. The Kier molecular flexibility index (Phi) is 4.81. The van der Waals surface area contributed by atoms with Crippen molar-refractivity contribution in [3.63, 3.8) is 0 Å². The third-order valence-electron chi connectivity index (χ3n) is 3.67. The Morgan fingerprint density at radius 1 is 1.39 bits per heavy atom. The minimum absolute atomic E-state index is 0.0379. The predicted molar refractivity (Wildman–Crippen MR) is 77.0 cm³/mol. The van der Waals surface area contributed by atoms with Gasteiger partial charge in [0, 0.05) is 12.0 Å². The zero-order chi connectivity index (χ0) is 13.0. The van der Waals surface area contributed by atoms with Gasteiger partial charge in [0.15, 0.2) is 0 Å². The average molecular weight is 332 g/mol. The summed E-state index contributed by atoms with van der Waals surface area (Å²) in [6.07, 6.45) is 5.57. The quantitative estimate of drug-likeness (QED) is 0.890. The van der Waals surface area contributed by atoms with Crippen LogP contribution in [0.15, 0.2) is 15.9 Å². The molecule has 1 amide bonds. The maximum atomic E-state index is 12.0. The Morgan fingerprint density at radius 3 is 2.67 bits per heavy atom. The fourth-order valence-electron chi connectivity index (χ4n) is 2.48. The van der Waals surface area contributed by atoms with E-state index < -0.39 is 0 Å². The summed E-state index contributed by atoms with van der Waals surface area (Å²) in [5, 5.41) is 12.5. The number of halogens is 1. The van der Waals surface area contributed by atoms with E-state index in [4.69, 9.17) is 0 Å². The van der Waals surface area contributed by atoms with Gasteiger partial charge in [-0.15, -0.1) is 11.3 Å². The van der Waals surface area contributed by atoms with E-state index in [2.05, 4.69) is 21.2 Å². The fourth-order valence-corrected chi connectivity index (χ4v) is 3.79. The van der Waals surface area contributed by atoms with Crippen LogP contribution in [-0.4, -0.2) is 24.2 Å². The van der Waals surface area contributed by atoms with Gasteiger partial charge in [0.25, 0.3) is 5.91 Å². The highest BCUT2D eigenvalue weighted by molar-refractivity contribution is 9.11. The molecule has 5 heteroatoms. The number of hydrogen-bond acceptors (Lipinski definition) is 3. The smallest absolute Gasteiger partial charge is 0.261 e. The van der Waals surface area contributed by atoms with E-state index in [9.17, 15) is 9.90 Å². The summed E-state index contributed by atoms with van der Waals surface area (Å²) in [6, 6.07) is 3.69. The lowest BCUT2D eigenvalue weighted by Crippen LogP contribution is -2.41. The molecule has 0 saturated heterocycles. The Hall–Kier alpha value is -0.390. The van der Waals surface area contributed by atoms with Crippen molar-refractivity contribution in [1.82, 2.24) is 5.32 Å². The van der Waals surface area contributed by atoms with Crippen LogP contribution in [0.1, 0.15) is 41.8 Å². The van der Waals surface area contributed by atoms with Crippen LogP contribution in [0.3, 0.4) is 0 Å². The number of nitrogens with one attached hydrogen (secondary N) is 1. The van der Waals surface area contributed by atoms with E-state index in [1.807, 2.05) is 12.1 Å². The molecule has 0 aromatic carbocycles. The number of aliphatic hydroxyl groups excluding tert-OH is 1. The van der Waals surface area contributed by atoms with Crippen molar-refractivity contribution in [2.24, 2.45) is 5.41 Å². The van der Waals surface area contributed by atoms with Crippen molar-refractivity contribution in [3.05, 3.63) is 20.8 Å². The maximum absolute atomic E-state index is 12.0. The van der Waals surface area contributed by atoms with Gasteiger partial charge in [-0.2, -0.15) is 0 Å². The molecule has 0 aliphatic heterocycles. The number of aliphatic hydroxyl groups is 1. The van der Waals surface area contributed by atoms with Gasteiger partial charge in [-0.1, -0.05) is 19.3 Å². The number of carbonyl (C=O) groups is 1. The van der Waals surface area contributed by atoms with Crippen molar-refractivity contribution >= 4 is 33.2 Å². The lowest BCUT2D eigenvalue weighted by atomic mass is 9.74. The molecule has 1 saturated carbocycles. The fraction of sp³-hybridized carbons (Fsp3) is 0.615. The van der Waals surface area contributed by atoms with Gasteiger partial charge in [0.2, 0.25) is 0 Å². The first kappa shape index (κ1) is 14.0. The Balaban J connectivity index is 1.91. The molecule has 0 atom stereocenters. The summed E-state index contributed by atoms with van der Waals surface area (Å²) in [7, 11) is 0. The van der Waals surface area contributed by atoms with Gasteiger partial charge >= 0.3 is 0 Å². The molecular weight excluding hydrogens is 314 g/mol. The molecule has 1 aliphatic rings. The number of rotatable bonds is 4. The van der Waals surface area contributed by atoms with Crippen molar-refractivity contribution in [2.75, 3.05) is 13.2 Å². The van der Waals surface area contributed by atoms with Gasteiger partial charge < -0.3 is 10.4 Å². The maximum Gasteiger partial charge on any atom is 0.261 e. The van der Waals surface area contributed by atoms with Gasteiger partial charge in [-0.25, -0.2) is 0 Å². The lowest BCUT2D eigenvalue weighted by molar-refractivity contribution is 0.0720.